The molecular weight excluding hydrogens is 329 g/mol. The molecule has 2 aromatic carbocycles. The van der Waals surface area contributed by atoms with Gasteiger partial charge in [0.05, 0.1) is 11.3 Å². The predicted molar refractivity (Wildman–Crippen MR) is 90.4 cm³/mol. The van der Waals surface area contributed by atoms with Crippen LogP contribution in [-0.2, 0) is 0 Å². The number of hydrogen-bond donors (Lipinski definition) is 2. The zero-order valence-electron chi connectivity index (χ0n) is 12.3. The standard InChI is InChI=1S/C17H12FN3O2S/c18-11-7-5-10(6-8-11)17-21-14(9-24-17)16(23)20-13-4-2-1-3-12(13)15(19)22/h1-9H,(H2,19,22)(H,20,23). The lowest BCUT2D eigenvalue weighted by atomic mass is 10.1. The summed E-state index contributed by atoms with van der Waals surface area (Å²) in [5, 5.41) is 4.82. The number of nitrogens with one attached hydrogen (secondary N) is 1. The van der Waals surface area contributed by atoms with Gasteiger partial charge in [0, 0.05) is 10.9 Å². The van der Waals surface area contributed by atoms with Gasteiger partial charge in [0.1, 0.15) is 16.5 Å². The quantitative estimate of drug-likeness (QED) is 0.763. The molecule has 3 aromatic rings. The number of carbonyl (C=O) groups is 2. The first-order valence-corrected chi connectivity index (χ1v) is 7.84. The van der Waals surface area contributed by atoms with Crippen LogP contribution >= 0.6 is 11.3 Å². The third-order valence-corrected chi connectivity index (χ3v) is 4.16. The first-order chi connectivity index (χ1) is 11.5. The molecule has 0 bridgehead atoms. The summed E-state index contributed by atoms with van der Waals surface area (Å²) in [6.07, 6.45) is 0. The lowest BCUT2D eigenvalue weighted by molar-refractivity contribution is 0.100. The second-order valence-corrected chi connectivity index (χ2v) is 5.77. The first-order valence-electron chi connectivity index (χ1n) is 6.96. The van der Waals surface area contributed by atoms with Crippen molar-refractivity contribution in [2.24, 2.45) is 5.73 Å². The molecule has 1 heterocycles. The van der Waals surface area contributed by atoms with Gasteiger partial charge in [0.15, 0.2) is 0 Å². The van der Waals surface area contributed by atoms with Crippen molar-refractivity contribution >= 4 is 28.8 Å². The molecule has 0 unspecified atom stereocenters. The van der Waals surface area contributed by atoms with Crippen LogP contribution < -0.4 is 11.1 Å². The molecule has 0 saturated heterocycles. The highest BCUT2D eigenvalue weighted by molar-refractivity contribution is 7.13. The number of nitrogens with two attached hydrogens (primary N) is 1. The Labute approximate surface area is 141 Å². The number of nitrogens with zero attached hydrogens (tertiary/aromatic N) is 1. The maximum Gasteiger partial charge on any atom is 0.275 e. The number of carbonyl (C=O) groups excluding carboxylic acids is 2. The van der Waals surface area contributed by atoms with Crippen LogP contribution in [0.4, 0.5) is 10.1 Å². The van der Waals surface area contributed by atoms with Gasteiger partial charge >= 0.3 is 0 Å². The zero-order valence-corrected chi connectivity index (χ0v) is 13.1. The number of rotatable bonds is 4. The van der Waals surface area contributed by atoms with Crippen molar-refractivity contribution in [1.82, 2.24) is 4.98 Å². The highest BCUT2D eigenvalue weighted by Gasteiger charge is 2.15. The minimum Gasteiger partial charge on any atom is -0.366 e. The van der Waals surface area contributed by atoms with Gasteiger partial charge in [-0.3, -0.25) is 9.59 Å². The fourth-order valence-electron chi connectivity index (χ4n) is 2.10. The molecule has 0 fully saturated rings. The van der Waals surface area contributed by atoms with Crippen molar-refractivity contribution in [2.75, 3.05) is 5.32 Å². The van der Waals surface area contributed by atoms with E-state index >= 15 is 0 Å². The Morgan fingerprint density at radius 3 is 2.50 bits per heavy atom. The summed E-state index contributed by atoms with van der Waals surface area (Å²) < 4.78 is 13.0. The van der Waals surface area contributed by atoms with Crippen LogP contribution in [0.1, 0.15) is 20.8 Å². The Morgan fingerprint density at radius 2 is 1.79 bits per heavy atom. The van der Waals surface area contributed by atoms with Crippen molar-refractivity contribution < 1.29 is 14.0 Å². The molecule has 24 heavy (non-hydrogen) atoms. The number of primary amides is 1. The Balaban J connectivity index is 1.82. The summed E-state index contributed by atoms with van der Waals surface area (Å²) in [5.41, 5.74) is 6.76. The van der Waals surface area contributed by atoms with E-state index in [0.717, 1.165) is 5.56 Å². The van der Waals surface area contributed by atoms with E-state index in [-0.39, 0.29) is 17.1 Å². The first kappa shape index (κ1) is 15.8. The van der Waals surface area contributed by atoms with E-state index in [4.69, 9.17) is 5.73 Å². The van der Waals surface area contributed by atoms with Gasteiger partial charge in [0.2, 0.25) is 0 Å². The molecule has 3 rings (SSSR count). The summed E-state index contributed by atoms with van der Waals surface area (Å²) >= 11 is 1.27. The highest BCUT2D eigenvalue weighted by atomic mass is 32.1. The molecule has 2 amide bonds. The number of anilines is 1. The summed E-state index contributed by atoms with van der Waals surface area (Å²) in [6.45, 7) is 0. The Morgan fingerprint density at radius 1 is 1.08 bits per heavy atom. The number of amides is 2. The van der Waals surface area contributed by atoms with E-state index in [9.17, 15) is 14.0 Å². The third-order valence-electron chi connectivity index (χ3n) is 3.27. The summed E-state index contributed by atoms with van der Waals surface area (Å²) in [4.78, 5) is 27.9. The second kappa shape index (κ2) is 6.59. The molecule has 3 N–H and O–H groups in total. The van der Waals surface area contributed by atoms with Crippen LogP contribution in [0.25, 0.3) is 10.6 Å². The smallest absolute Gasteiger partial charge is 0.275 e. The number of thiazole rings is 1. The molecular formula is C17H12FN3O2S. The lowest BCUT2D eigenvalue weighted by Gasteiger charge is -2.07. The van der Waals surface area contributed by atoms with Crippen molar-refractivity contribution in [1.29, 1.82) is 0 Å². The van der Waals surface area contributed by atoms with E-state index in [1.54, 1.807) is 35.7 Å². The molecule has 0 aliphatic carbocycles. The van der Waals surface area contributed by atoms with Crippen LogP contribution in [0.15, 0.2) is 53.9 Å². The average Bonchev–Trinajstić information content (AvgIpc) is 3.06. The molecule has 5 nitrogen and oxygen atoms in total. The van der Waals surface area contributed by atoms with Gasteiger partial charge in [-0.05, 0) is 36.4 Å². The second-order valence-electron chi connectivity index (χ2n) is 4.91. The Kier molecular flexibility index (Phi) is 4.35. The lowest BCUT2D eigenvalue weighted by Crippen LogP contribution is -2.18. The van der Waals surface area contributed by atoms with E-state index in [1.807, 2.05) is 0 Å². The summed E-state index contributed by atoms with van der Waals surface area (Å²) in [6, 6.07) is 12.3. The molecule has 0 spiro atoms. The maximum atomic E-state index is 13.0. The largest absolute Gasteiger partial charge is 0.366 e. The monoisotopic (exact) mass is 341 g/mol. The normalized spacial score (nSPS) is 10.4. The predicted octanol–water partition coefficient (Wildman–Crippen LogP) is 3.30. The van der Waals surface area contributed by atoms with Crippen molar-refractivity contribution in [3.05, 3.63) is 71.0 Å². The minimum absolute atomic E-state index is 0.207. The Hall–Kier alpha value is -3.06. The van der Waals surface area contributed by atoms with Crippen LogP contribution in [0.3, 0.4) is 0 Å². The van der Waals surface area contributed by atoms with Crippen molar-refractivity contribution in [3.8, 4) is 10.6 Å². The molecule has 0 saturated carbocycles. The third kappa shape index (κ3) is 3.31. The minimum atomic E-state index is -0.629. The van der Waals surface area contributed by atoms with Gasteiger partial charge in [-0.2, -0.15) is 0 Å². The topological polar surface area (TPSA) is 85.1 Å². The van der Waals surface area contributed by atoms with E-state index in [0.29, 0.717) is 10.7 Å². The average molecular weight is 341 g/mol. The molecule has 7 heteroatoms. The molecule has 0 atom stereocenters. The molecule has 0 aliphatic rings. The van der Waals surface area contributed by atoms with E-state index in [2.05, 4.69) is 10.3 Å². The van der Waals surface area contributed by atoms with Crippen LogP contribution in [0.2, 0.25) is 0 Å². The molecule has 0 aliphatic heterocycles. The van der Waals surface area contributed by atoms with Crippen molar-refractivity contribution in [3.63, 3.8) is 0 Å². The molecule has 0 radical (unpaired) electrons. The van der Waals surface area contributed by atoms with Crippen LogP contribution in [-0.4, -0.2) is 16.8 Å². The fraction of sp³-hybridized carbons (Fsp3) is 0. The van der Waals surface area contributed by atoms with E-state index in [1.165, 1.54) is 29.5 Å². The number of aromatic nitrogens is 1. The van der Waals surface area contributed by atoms with Crippen LogP contribution in [0, 0.1) is 5.82 Å². The van der Waals surface area contributed by atoms with Gasteiger partial charge in [0.25, 0.3) is 11.8 Å². The fourth-order valence-corrected chi connectivity index (χ4v) is 2.90. The highest BCUT2D eigenvalue weighted by Crippen LogP contribution is 2.24. The van der Waals surface area contributed by atoms with Crippen molar-refractivity contribution in [2.45, 2.75) is 0 Å². The number of para-hydroxylation sites is 1. The Bertz CT molecular complexity index is 906. The molecule has 1 aromatic heterocycles. The summed E-state index contributed by atoms with van der Waals surface area (Å²) in [5.74, 6) is -1.42. The summed E-state index contributed by atoms with van der Waals surface area (Å²) in [7, 11) is 0. The maximum absolute atomic E-state index is 13.0. The van der Waals surface area contributed by atoms with E-state index < -0.39 is 11.8 Å². The van der Waals surface area contributed by atoms with Gasteiger partial charge in [-0.25, -0.2) is 9.37 Å². The van der Waals surface area contributed by atoms with Crippen LogP contribution in [0.5, 0.6) is 0 Å². The molecule has 120 valence electrons. The van der Waals surface area contributed by atoms with Gasteiger partial charge < -0.3 is 11.1 Å². The SMILES string of the molecule is NC(=O)c1ccccc1NC(=O)c1csc(-c2ccc(F)cc2)n1. The number of halogens is 1. The zero-order chi connectivity index (χ0) is 17.1. The number of hydrogen-bond acceptors (Lipinski definition) is 4. The van der Waals surface area contributed by atoms with Gasteiger partial charge in [-0.1, -0.05) is 12.1 Å². The van der Waals surface area contributed by atoms with Gasteiger partial charge in [-0.15, -0.1) is 11.3 Å². The number of benzene rings is 2.